The second-order valence-electron chi connectivity index (χ2n) is 11.2. The smallest absolute Gasteiger partial charge is 0.343 e. The molecule has 1 radical (unpaired) electrons. The van der Waals surface area contributed by atoms with Crippen molar-refractivity contribution < 1.29 is 18.5 Å². The molecule has 0 spiro atoms. The third-order valence-corrected chi connectivity index (χ3v) is 11.9. The predicted octanol–water partition coefficient (Wildman–Crippen LogP) is 12.3. The Morgan fingerprint density at radius 3 is 1.41 bits per heavy atom. The van der Waals surface area contributed by atoms with Gasteiger partial charge in [-0.15, -0.1) is 0 Å². The second-order valence-corrected chi connectivity index (χ2v) is 17.9. The highest BCUT2D eigenvalue weighted by Crippen LogP contribution is 2.58. The molecular formula is C34H54Cl2NO4PS2+. The van der Waals surface area contributed by atoms with Gasteiger partial charge >= 0.3 is 5.75 Å². The summed E-state index contributed by atoms with van der Waals surface area (Å²) < 4.78 is 23.4. The first-order valence-electron chi connectivity index (χ1n) is 16.5. The number of nitrogens with two attached hydrogens (primary N) is 1. The molecule has 0 saturated heterocycles. The number of benzene rings is 2. The van der Waals surface area contributed by atoms with Gasteiger partial charge in [0.1, 0.15) is 5.75 Å². The van der Waals surface area contributed by atoms with Gasteiger partial charge < -0.3 is 13.8 Å². The lowest BCUT2D eigenvalue weighted by Gasteiger charge is -2.19. The summed E-state index contributed by atoms with van der Waals surface area (Å²) in [6.07, 6.45) is 21.7. The summed E-state index contributed by atoms with van der Waals surface area (Å²) in [5.74, 6) is 1.78. The summed E-state index contributed by atoms with van der Waals surface area (Å²) >= 11 is 18.5. The van der Waals surface area contributed by atoms with E-state index in [9.17, 15) is 0 Å². The van der Waals surface area contributed by atoms with Crippen LogP contribution in [0.5, 0.6) is 11.5 Å². The van der Waals surface area contributed by atoms with Gasteiger partial charge in [0.2, 0.25) is 0 Å². The van der Waals surface area contributed by atoms with Crippen LogP contribution in [0.1, 0.15) is 116 Å². The minimum Gasteiger partial charge on any atom is -0.494 e. The van der Waals surface area contributed by atoms with Crippen LogP contribution in [0.4, 0.5) is 0 Å². The van der Waals surface area contributed by atoms with Crippen LogP contribution in [0.2, 0.25) is 10.0 Å². The SMILES string of the molecule is NSP(=S)(OCCCCCCCCCCCOc1ccc(Cl)cc1)OCCCCCCCCCCC[O+]c1ccc(Cl)cc1. The zero-order chi connectivity index (χ0) is 31.6. The van der Waals surface area contributed by atoms with Crippen LogP contribution >= 0.6 is 40.5 Å². The number of hydrogen-bond acceptors (Lipinski definition) is 7. The Morgan fingerprint density at radius 2 is 0.955 bits per heavy atom. The van der Waals surface area contributed by atoms with Crippen molar-refractivity contribution in [2.24, 2.45) is 5.14 Å². The van der Waals surface area contributed by atoms with Gasteiger partial charge in [0.25, 0.3) is 12.3 Å². The van der Waals surface area contributed by atoms with Gasteiger partial charge in [0.05, 0.1) is 19.8 Å². The van der Waals surface area contributed by atoms with Gasteiger partial charge in [0.15, 0.2) is 0 Å². The van der Waals surface area contributed by atoms with Crippen LogP contribution in [-0.4, -0.2) is 26.4 Å². The Bertz CT molecular complexity index is 926. The fourth-order valence-corrected chi connectivity index (χ4v) is 7.19. The van der Waals surface area contributed by atoms with E-state index in [2.05, 4.69) is 0 Å². The van der Waals surface area contributed by atoms with Gasteiger partial charge in [-0.3, -0.25) is 9.88 Å². The monoisotopic (exact) mass is 705 g/mol. The maximum Gasteiger partial charge on any atom is 0.343 e. The normalized spacial score (nSPS) is 12.7. The molecule has 0 saturated carbocycles. The Hall–Kier alpha value is -0.500. The zero-order valence-electron chi connectivity index (χ0n) is 26.4. The number of rotatable bonds is 29. The van der Waals surface area contributed by atoms with Gasteiger partial charge in [-0.2, -0.15) is 0 Å². The van der Waals surface area contributed by atoms with E-state index in [0.717, 1.165) is 84.9 Å². The Kier molecular flexibility index (Phi) is 23.9. The van der Waals surface area contributed by atoms with Crippen molar-refractivity contribution in [2.45, 2.75) is 116 Å². The highest BCUT2D eigenvalue weighted by Gasteiger charge is 2.18. The van der Waals surface area contributed by atoms with Crippen molar-refractivity contribution in [3.63, 3.8) is 0 Å². The number of ether oxygens (including phenoxy) is 2. The molecule has 0 atom stereocenters. The van der Waals surface area contributed by atoms with Crippen LogP contribution in [0.3, 0.4) is 0 Å². The molecule has 249 valence electrons. The molecule has 0 unspecified atom stereocenters. The first-order chi connectivity index (χ1) is 21.5. The fraction of sp³-hybridized carbons (Fsp3) is 0.647. The summed E-state index contributed by atoms with van der Waals surface area (Å²) in [5, 5.41) is 7.32. The Balaban J connectivity index is 1.30. The van der Waals surface area contributed by atoms with Crippen LogP contribution in [0, 0.1) is 0 Å². The second kappa shape index (κ2) is 26.6. The van der Waals surface area contributed by atoms with E-state index in [-0.39, 0.29) is 0 Å². The minimum absolute atomic E-state index is 0.641. The largest absolute Gasteiger partial charge is 0.494 e. The summed E-state index contributed by atoms with van der Waals surface area (Å²) in [4.78, 5) is 0. The van der Waals surface area contributed by atoms with Crippen LogP contribution in [0.15, 0.2) is 48.5 Å². The molecule has 0 bridgehead atoms. The lowest BCUT2D eigenvalue weighted by molar-refractivity contribution is 0.249. The summed E-state index contributed by atoms with van der Waals surface area (Å²) in [6.45, 7) is 2.82. The van der Waals surface area contributed by atoms with Crippen LogP contribution < -0.4 is 14.6 Å². The number of hydrogen-bond donors (Lipinski definition) is 1. The maximum atomic E-state index is 5.94. The zero-order valence-corrected chi connectivity index (χ0v) is 30.4. The summed E-state index contributed by atoms with van der Waals surface area (Å²) in [6, 6.07) is 15.1. The van der Waals surface area contributed by atoms with E-state index in [4.69, 9.17) is 58.7 Å². The third kappa shape index (κ3) is 21.3. The van der Waals surface area contributed by atoms with E-state index in [1.807, 2.05) is 48.5 Å². The lowest BCUT2D eigenvalue weighted by atomic mass is 10.1. The fourth-order valence-electron chi connectivity index (χ4n) is 4.78. The van der Waals surface area contributed by atoms with E-state index < -0.39 is 5.69 Å². The molecule has 2 N–H and O–H groups in total. The molecule has 0 aliphatic heterocycles. The average molecular weight is 707 g/mol. The molecule has 0 fully saturated rings. The highest BCUT2D eigenvalue weighted by atomic mass is 35.5. The number of halogens is 2. The topological polar surface area (TPSA) is 65.0 Å². The van der Waals surface area contributed by atoms with Gasteiger partial charge in [0, 0.05) is 40.2 Å². The molecule has 2 aromatic carbocycles. The molecule has 0 heterocycles. The molecule has 44 heavy (non-hydrogen) atoms. The van der Waals surface area contributed by atoms with Crippen molar-refractivity contribution in [3.8, 4) is 11.5 Å². The van der Waals surface area contributed by atoms with E-state index in [0.29, 0.717) is 13.2 Å². The van der Waals surface area contributed by atoms with Crippen LogP contribution in [-0.2, 0) is 20.9 Å². The van der Waals surface area contributed by atoms with Gasteiger partial charge in [-0.05, 0) is 73.9 Å². The average Bonchev–Trinajstić information content (AvgIpc) is 3.03. The third-order valence-electron chi connectivity index (χ3n) is 7.37. The van der Waals surface area contributed by atoms with E-state index in [1.54, 1.807) is 0 Å². The molecule has 5 nitrogen and oxygen atoms in total. The van der Waals surface area contributed by atoms with Gasteiger partial charge in [-0.1, -0.05) is 107 Å². The lowest BCUT2D eigenvalue weighted by Crippen LogP contribution is -1.99. The molecule has 0 aliphatic rings. The first-order valence-corrected chi connectivity index (χ1v) is 21.4. The maximum absolute atomic E-state index is 5.94. The number of unbranched alkanes of at least 4 members (excludes halogenated alkanes) is 16. The Labute approximate surface area is 286 Å². The molecule has 0 amide bonds. The minimum atomic E-state index is -2.41. The van der Waals surface area contributed by atoms with Crippen LogP contribution in [0.25, 0.3) is 0 Å². The highest BCUT2D eigenvalue weighted by molar-refractivity contribution is 8.67. The summed E-state index contributed by atoms with van der Waals surface area (Å²) in [7, 11) is 0. The molecule has 2 aromatic rings. The van der Waals surface area contributed by atoms with Crippen molar-refractivity contribution in [3.05, 3.63) is 58.6 Å². The van der Waals surface area contributed by atoms with Crippen molar-refractivity contribution in [1.29, 1.82) is 0 Å². The Morgan fingerprint density at radius 1 is 0.568 bits per heavy atom. The quantitative estimate of drug-likeness (QED) is 0.0391. The van der Waals surface area contributed by atoms with Crippen molar-refractivity contribution in [2.75, 3.05) is 26.4 Å². The van der Waals surface area contributed by atoms with Crippen molar-refractivity contribution >= 4 is 52.3 Å². The first kappa shape index (κ1) is 39.7. The van der Waals surface area contributed by atoms with E-state index >= 15 is 0 Å². The standard InChI is InChI=1S/C34H54Cl2NO4PS2/c35-31-19-23-33(24-20-31)38-27-15-11-7-3-1-5-9-13-17-29-40-42(43,44-37)41-30-18-14-10-6-2-4-8-12-16-28-39-34-25-21-32(36)22-26-34/h19-26H,1-18,27-30,37H2/q+1. The predicted molar refractivity (Wildman–Crippen MR) is 195 cm³/mol. The summed E-state index contributed by atoms with van der Waals surface area (Å²) in [5.41, 5.74) is -2.41. The molecule has 0 aromatic heterocycles. The van der Waals surface area contributed by atoms with Gasteiger partial charge in [-0.25, -0.2) is 0 Å². The molecule has 10 heteroatoms. The van der Waals surface area contributed by atoms with E-state index in [1.165, 1.54) is 77.0 Å². The molecule has 2 rings (SSSR count). The van der Waals surface area contributed by atoms with Crippen molar-refractivity contribution in [1.82, 2.24) is 0 Å². The molecular weight excluding hydrogens is 652 g/mol. The molecule has 0 aliphatic carbocycles.